The molecule has 5 rings (SSSR count). The van der Waals surface area contributed by atoms with Gasteiger partial charge in [-0.3, -0.25) is 4.57 Å². The van der Waals surface area contributed by atoms with Crippen LogP contribution in [0, 0.1) is 6.92 Å². The van der Waals surface area contributed by atoms with Gasteiger partial charge in [0.15, 0.2) is 0 Å². The number of anilines is 1. The Labute approximate surface area is 192 Å². The minimum Gasteiger partial charge on any atom is -0.423 e. The highest BCUT2D eigenvalue weighted by Gasteiger charge is 2.20. The zero-order chi connectivity index (χ0) is 22.9. The first-order chi connectivity index (χ1) is 16.0. The van der Waals surface area contributed by atoms with Crippen molar-refractivity contribution in [3.05, 3.63) is 76.6 Å². The molecule has 8 nitrogen and oxygen atoms in total. The lowest BCUT2D eigenvalue weighted by atomic mass is 9.79. The lowest BCUT2D eigenvalue weighted by Gasteiger charge is -2.21. The number of rotatable bonds is 6. The summed E-state index contributed by atoms with van der Waals surface area (Å²) >= 11 is 0. The van der Waals surface area contributed by atoms with Crippen LogP contribution in [0.4, 0.5) is 5.82 Å². The van der Waals surface area contributed by atoms with Crippen LogP contribution < -0.4 is 21.8 Å². The van der Waals surface area contributed by atoms with Crippen LogP contribution >= 0.6 is 0 Å². The molecule has 0 unspecified atom stereocenters. The van der Waals surface area contributed by atoms with Gasteiger partial charge in [0.05, 0.1) is 11.2 Å². The molecule has 0 spiro atoms. The Bertz CT molecular complexity index is 1320. The minimum atomic E-state index is -1.49. The van der Waals surface area contributed by atoms with E-state index >= 15 is 0 Å². The maximum Gasteiger partial charge on any atom is 0.488 e. The molecular weight excluding hydrogens is 415 g/mol. The van der Waals surface area contributed by atoms with Crippen LogP contribution in [-0.2, 0) is 26.1 Å². The van der Waals surface area contributed by atoms with Gasteiger partial charge >= 0.3 is 7.12 Å². The number of nitrogens with two attached hydrogens (primary N) is 1. The molecule has 0 radical (unpaired) electrons. The smallest absolute Gasteiger partial charge is 0.423 e. The summed E-state index contributed by atoms with van der Waals surface area (Å²) in [7, 11) is -1.49. The van der Waals surface area contributed by atoms with Gasteiger partial charge in [-0.25, -0.2) is 4.98 Å². The van der Waals surface area contributed by atoms with Crippen molar-refractivity contribution in [2.24, 2.45) is 5.73 Å². The largest absolute Gasteiger partial charge is 0.488 e. The molecule has 4 aromatic rings. The number of nitrogens with one attached hydrogen (secondary N) is 2. The normalized spacial score (nSPS) is 13.2. The molecule has 1 aliphatic rings. The molecule has 0 atom stereocenters. The fraction of sp³-hybridized carbons (Fsp3) is 0.250. The molecule has 168 valence electrons. The Morgan fingerprint density at radius 3 is 2.82 bits per heavy atom. The van der Waals surface area contributed by atoms with Crippen molar-refractivity contribution >= 4 is 29.3 Å². The van der Waals surface area contributed by atoms with Crippen molar-refractivity contribution in [2.75, 3.05) is 11.9 Å². The summed E-state index contributed by atoms with van der Waals surface area (Å²) in [4.78, 5) is 9.88. The van der Waals surface area contributed by atoms with Gasteiger partial charge in [0, 0.05) is 36.3 Å². The summed E-state index contributed by atoms with van der Waals surface area (Å²) in [5.41, 5.74) is 12.7. The average molecular weight is 442 g/mol. The second-order valence-electron chi connectivity index (χ2n) is 8.37. The average Bonchev–Trinajstić information content (AvgIpc) is 3.18. The predicted octanol–water partition coefficient (Wildman–Crippen LogP) is 1.13. The van der Waals surface area contributed by atoms with Gasteiger partial charge in [0.2, 0.25) is 5.95 Å². The molecule has 0 bridgehead atoms. The summed E-state index contributed by atoms with van der Waals surface area (Å²) in [6.45, 7) is 4.61. The molecule has 1 aliphatic heterocycles. The molecule has 2 aromatic heterocycles. The van der Waals surface area contributed by atoms with Gasteiger partial charge in [0.1, 0.15) is 5.82 Å². The van der Waals surface area contributed by atoms with Crippen molar-refractivity contribution in [1.29, 1.82) is 0 Å². The number of aryl methyl sites for hydroxylation is 1. The SMILES string of the molecule is Cc1cc2c(CN)cccc2n1-c1nc2c(c(NCc3cccc(B(O)O)c3)n1)CCNC2. The van der Waals surface area contributed by atoms with E-state index < -0.39 is 7.12 Å². The molecule has 0 amide bonds. The topological polar surface area (TPSA) is 121 Å². The summed E-state index contributed by atoms with van der Waals surface area (Å²) < 4.78 is 2.08. The fourth-order valence-corrected chi connectivity index (χ4v) is 4.51. The number of fused-ring (bicyclic) bond motifs is 2. The first kappa shape index (κ1) is 21.6. The highest BCUT2D eigenvalue weighted by Crippen LogP contribution is 2.28. The molecule has 2 aromatic carbocycles. The van der Waals surface area contributed by atoms with E-state index in [9.17, 15) is 10.0 Å². The van der Waals surface area contributed by atoms with Crippen molar-refractivity contribution in [3.8, 4) is 5.95 Å². The maximum atomic E-state index is 9.48. The van der Waals surface area contributed by atoms with E-state index in [0.717, 1.165) is 57.8 Å². The van der Waals surface area contributed by atoms with E-state index in [-0.39, 0.29) is 0 Å². The maximum absolute atomic E-state index is 9.48. The van der Waals surface area contributed by atoms with Crippen LogP contribution in [0.25, 0.3) is 16.9 Å². The monoisotopic (exact) mass is 442 g/mol. The minimum absolute atomic E-state index is 0.467. The Kier molecular flexibility index (Phi) is 5.86. The number of aromatic nitrogens is 3. The predicted molar refractivity (Wildman–Crippen MR) is 130 cm³/mol. The number of nitrogens with zero attached hydrogens (tertiary/aromatic N) is 3. The van der Waals surface area contributed by atoms with Crippen molar-refractivity contribution in [1.82, 2.24) is 19.9 Å². The first-order valence-electron chi connectivity index (χ1n) is 11.1. The summed E-state index contributed by atoms with van der Waals surface area (Å²) in [5.74, 6) is 1.43. The number of hydrogen-bond donors (Lipinski definition) is 5. The van der Waals surface area contributed by atoms with Crippen molar-refractivity contribution < 1.29 is 10.0 Å². The second kappa shape index (κ2) is 8.95. The molecule has 3 heterocycles. The lowest BCUT2D eigenvalue weighted by Crippen LogP contribution is -2.30. The van der Waals surface area contributed by atoms with Crippen LogP contribution in [0.15, 0.2) is 48.5 Å². The van der Waals surface area contributed by atoms with E-state index in [1.165, 1.54) is 0 Å². The fourth-order valence-electron chi connectivity index (χ4n) is 4.51. The van der Waals surface area contributed by atoms with E-state index in [4.69, 9.17) is 15.7 Å². The van der Waals surface area contributed by atoms with Crippen LogP contribution in [0.1, 0.15) is 28.1 Å². The van der Waals surface area contributed by atoms with Gasteiger partial charge in [-0.1, -0.05) is 36.4 Å². The third-order valence-corrected chi connectivity index (χ3v) is 6.17. The molecule has 0 saturated heterocycles. The van der Waals surface area contributed by atoms with Gasteiger partial charge in [-0.05, 0) is 48.6 Å². The van der Waals surface area contributed by atoms with Crippen LogP contribution in [0.5, 0.6) is 0 Å². The highest BCUT2D eigenvalue weighted by molar-refractivity contribution is 6.58. The van der Waals surface area contributed by atoms with E-state index in [0.29, 0.717) is 31.0 Å². The Morgan fingerprint density at radius 2 is 2.00 bits per heavy atom. The van der Waals surface area contributed by atoms with Crippen LogP contribution in [-0.4, -0.2) is 38.2 Å². The van der Waals surface area contributed by atoms with E-state index in [1.807, 2.05) is 24.3 Å². The standard InChI is InChI=1S/C24H27BN6O2/c1-15-10-20-17(12-26)5-3-7-22(20)31(15)24-29-21-14-27-9-8-19(21)23(30-24)28-13-16-4-2-6-18(11-16)25(32)33/h2-7,10-11,27,32-33H,8-9,12-14,26H2,1H3,(H,28,29,30). The second-order valence-corrected chi connectivity index (χ2v) is 8.37. The lowest BCUT2D eigenvalue weighted by molar-refractivity contribution is 0.425. The highest BCUT2D eigenvalue weighted by atomic mass is 16.4. The van der Waals surface area contributed by atoms with Gasteiger partial charge in [-0.2, -0.15) is 4.98 Å². The Balaban J connectivity index is 1.56. The number of hydrogen-bond acceptors (Lipinski definition) is 7. The van der Waals surface area contributed by atoms with Crippen LogP contribution in [0.3, 0.4) is 0 Å². The third-order valence-electron chi connectivity index (χ3n) is 6.17. The van der Waals surface area contributed by atoms with Crippen molar-refractivity contribution in [3.63, 3.8) is 0 Å². The van der Waals surface area contributed by atoms with Crippen LogP contribution in [0.2, 0.25) is 0 Å². The summed E-state index contributed by atoms with van der Waals surface area (Å²) in [5, 5.41) is 27.0. The third kappa shape index (κ3) is 4.11. The zero-order valence-corrected chi connectivity index (χ0v) is 18.5. The number of benzene rings is 2. The van der Waals surface area contributed by atoms with Gasteiger partial charge < -0.3 is 26.4 Å². The van der Waals surface area contributed by atoms with Gasteiger partial charge in [0.25, 0.3) is 0 Å². The molecule has 33 heavy (non-hydrogen) atoms. The molecule has 6 N–H and O–H groups in total. The Hall–Kier alpha value is -3.24. The molecule has 0 fully saturated rings. The molecule has 0 saturated carbocycles. The summed E-state index contributed by atoms with van der Waals surface area (Å²) in [6, 6.07) is 15.5. The molecular formula is C24H27BN6O2. The summed E-state index contributed by atoms with van der Waals surface area (Å²) in [6.07, 6.45) is 0.843. The first-order valence-corrected chi connectivity index (χ1v) is 11.1. The zero-order valence-electron chi connectivity index (χ0n) is 18.5. The van der Waals surface area contributed by atoms with Crippen molar-refractivity contribution in [2.45, 2.75) is 33.0 Å². The van der Waals surface area contributed by atoms with Gasteiger partial charge in [-0.15, -0.1) is 0 Å². The quantitative estimate of drug-likeness (QED) is 0.284. The molecule has 0 aliphatic carbocycles. The van der Waals surface area contributed by atoms with E-state index in [1.54, 1.807) is 12.1 Å². The molecule has 9 heteroatoms. The van der Waals surface area contributed by atoms with E-state index in [2.05, 4.69) is 34.3 Å². The Morgan fingerprint density at radius 1 is 1.15 bits per heavy atom.